The molecule has 0 saturated carbocycles. The third-order valence-electron chi connectivity index (χ3n) is 4.82. The minimum atomic E-state index is -4.17. The van der Waals surface area contributed by atoms with Crippen LogP contribution in [0.3, 0.4) is 0 Å². The Morgan fingerprint density at radius 2 is 1.83 bits per heavy atom. The summed E-state index contributed by atoms with van der Waals surface area (Å²) in [5.74, 6) is 0.495. The zero-order chi connectivity index (χ0) is 17.2. The van der Waals surface area contributed by atoms with E-state index in [1.165, 1.54) is 17.9 Å². The van der Waals surface area contributed by atoms with Gasteiger partial charge in [-0.1, -0.05) is 6.07 Å². The number of sulfonamides is 1. The smallest absolute Gasteiger partial charge is 0.246 e. The standard InChI is InChI=1S/C16H22F2N2O2S2/c17-14-2-1-3-15(18)16(14)24(21,22)19-10-12-4-7-20(8-5-12)13-6-9-23-11-13/h1-3,12-13,19H,4-11H2. The van der Waals surface area contributed by atoms with Crippen LogP contribution in [0.2, 0.25) is 0 Å². The maximum atomic E-state index is 13.7. The molecule has 8 heteroatoms. The van der Waals surface area contributed by atoms with Gasteiger partial charge in [0.05, 0.1) is 0 Å². The van der Waals surface area contributed by atoms with E-state index in [1.807, 2.05) is 11.8 Å². The molecular weight excluding hydrogens is 354 g/mol. The van der Waals surface area contributed by atoms with Crippen molar-refractivity contribution in [2.75, 3.05) is 31.1 Å². The maximum Gasteiger partial charge on any atom is 0.246 e. The molecule has 1 aromatic rings. The Kier molecular flexibility index (Phi) is 5.79. The number of piperidine rings is 1. The summed E-state index contributed by atoms with van der Waals surface area (Å²) in [6.07, 6.45) is 3.04. The van der Waals surface area contributed by atoms with Crippen LogP contribution in [0, 0.1) is 17.6 Å². The third kappa shape index (κ3) is 4.09. The van der Waals surface area contributed by atoms with Crippen LogP contribution in [-0.4, -0.2) is 50.5 Å². The Hall–Kier alpha value is -0.700. The van der Waals surface area contributed by atoms with Gasteiger partial charge in [-0.15, -0.1) is 0 Å². The SMILES string of the molecule is O=S(=O)(NCC1CCN(C2CCSC2)CC1)c1c(F)cccc1F. The summed E-state index contributed by atoms with van der Waals surface area (Å²) >= 11 is 1.99. The van der Waals surface area contributed by atoms with Crippen molar-refractivity contribution in [1.82, 2.24) is 9.62 Å². The molecule has 0 amide bonds. The van der Waals surface area contributed by atoms with Gasteiger partial charge in [-0.05, 0) is 56.2 Å². The highest BCUT2D eigenvalue weighted by Crippen LogP contribution is 2.27. The van der Waals surface area contributed by atoms with Gasteiger partial charge < -0.3 is 0 Å². The molecule has 2 fully saturated rings. The minimum Gasteiger partial charge on any atom is -0.300 e. The number of nitrogens with zero attached hydrogens (tertiary/aromatic N) is 1. The molecule has 24 heavy (non-hydrogen) atoms. The van der Waals surface area contributed by atoms with Crippen LogP contribution >= 0.6 is 11.8 Å². The van der Waals surface area contributed by atoms with Gasteiger partial charge >= 0.3 is 0 Å². The van der Waals surface area contributed by atoms with Gasteiger partial charge in [0.25, 0.3) is 0 Å². The molecule has 0 aliphatic carbocycles. The van der Waals surface area contributed by atoms with E-state index in [2.05, 4.69) is 9.62 Å². The van der Waals surface area contributed by atoms with Crippen LogP contribution in [0.5, 0.6) is 0 Å². The maximum absolute atomic E-state index is 13.7. The summed E-state index contributed by atoms with van der Waals surface area (Å²) in [4.78, 5) is 1.60. The number of thioether (sulfide) groups is 1. The van der Waals surface area contributed by atoms with Crippen molar-refractivity contribution in [3.8, 4) is 0 Å². The Morgan fingerprint density at radius 1 is 1.17 bits per heavy atom. The highest BCUT2D eigenvalue weighted by molar-refractivity contribution is 7.99. The normalized spacial score (nSPS) is 23.7. The zero-order valence-electron chi connectivity index (χ0n) is 13.4. The quantitative estimate of drug-likeness (QED) is 0.858. The van der Waals surface area contributed by atoms with Gasteiger partial charge in [0.2, 0.25) is 10.0 Å². The predicted molar refractivity (Wildman–Crippen MR) is 91.6 cm³/mol. The van der Waals surface area contributed by atoms with Crippen molar-refractivity contribution in [2.24, 2.45) is 5.92 Å². The largest absolute Gasteiger partial charge is 0.300 e. The first kappa shape index (κ1) is 18.1. The van der Waals surface area contributed by atoms with Gasteiger partial charge in [-0.2, -0.15) is 11.8 Å². The predicted octanol–water partition coefficient (Wildman–Crippen LogP) is 2.46. The van der Waals surface area contributed by atoms with E-state index >= 15 is 0 Å². The summed E-state index contributed by atoms with van der Waals surface area (Å²) in [5, 5.41) is 0. The van der Waals surface area contributed by atoms with Gasteiger partial charge in [0.1, 0.15) is 11.6 Å². The van der Waals surface area contributed by atoms with E-state index in [0.29, 0.717) is 6.04 Å². The molecule has 1 unspecified atom stereocenters. The molecule has 0 spiro atoms. The fourth-order valence-corrected chi connectivity index (χ4v) is 5.88. The Morgan fingerprint density at radius 3 is 2.42 bits per heavy atom. The van der Waals surface area contributed by atoms with E-state index in [9.17, 15) is 17.2 Å². The molecular formula is C16H22F2N2O2S2. The van der Waals surface area contributed by atoms with Crippen molar-refractivity contribution in [3.05, 3.63) is 29.8 Å². The number of rotatable bonds is 5. The van der Waals surface area contributed by atoms with E-state index in [0.717, 1.165) is 44.1 Å². The first-order valence-electron chi connectivity index (χ1n) is 8.23. The second-order valence-corrected chi connectivity index (χ2v) is 9.25. The molecule has 1 aromatic carbocycles. The van der Waals surface area contributed by atoms with Gasteiger partial charge in [0, 0.05) is 18.3 Å². The number of hydrogen-bond acceptors (Lipinski definition) is 4. The molecule has 2 saturated heterocycles. The van der Waals surface area contributed by atoms with Crippen LogP contribution < -0.4 is 4.72 Å². The fourth-order valence-electron chi connectivity index (χ4n) is 3.37. The summed E-state index contributed by atoms with van der Waals surface area (Å²) in [6, 6.07) is 3.71. The van der Waals surface area contributed by atoms with Crippen molar-refractivity contribution in [1.29, 1.82) is 0 Å². The molecule has 4 nitrogen and oxygen atoms in total. The highest BCUT2D eigenvalue weighted by atomic mass is 32.2. The number of hydrogen-bond donors (Lipinski definition) is 1. The minimum absolute atomic E-state index is 0.208. The molecule has 0 bridgehead atoms. The van der Waals surface area contributed by atoms with Crippen LogP contribution in [-0.2, 0) is 10.0 Å². The highest BCUT2D eigenvalue weighted by Gasteiger charge is 2.29. The van der Waals surface area contributed by atoms with Crippen LogP contribution in [0.1, 0.15) is 19.3 Å². The average molecular weight is 376 g/mol. The molecule has 1 N–H and O–H groups in total. The zero-order valence-corrected chi connectivity index (χ0v) is 15.0. The summed E-state index contributed by atoms with van der Waals surface area (Å²) < 4.78 is 54.1. The van der Waals surface area contributed by atoms with Crippen LogP contribution in [0.4, 0.5) is 8.78 Å². The van der Waals surface area contributed by atoms with E-state index in [4.69, 9.17) is 0 Å². The lowest BCUT2D eigenvalue weighted by Gasteiger charge is -2.35. The molecule has 2 aliphatic heterocycles. The lowest BCUT2D eigenvalue weighted by Crippen LogP contribution is -2.43. The first-order valence-corrected chi connectivity index (χ1v) is 10.9. The number of nitrogens with one attached hydrogen (secondary N) is 1. The molecule has 0 radical (unpaired) electrons. The molecule has 0 aromatic heterocycles. The van der Waals surface area contributed by atoms with Crippen molar-refractivity contribution in [2.45, 2.75) is 30.2 Å². The van der Waals surface area contributed by atoms with Gasteiger partial charge in [-0.3, -0.25) is 4.90 Å². The lowest BCUT2D eigenvalue weighted by atomic mass is 9.96. The number of likely N-dealkylation sites (tertiary alicyclic amines) is 1. The molecule has 2 aliphatic rings. The first-order chi connectivity index (χ1) is 11.5. The Bertz CT molecular complexity index is 650. The second-order valence-electron chi connectivity index (χ2n) is 6.40. The second kappa shape index (κ2) is 7.68. The molecule has 134 valence electrons. The Labute approximate surface area is 146 Å². The third-order valence-corrected chi connectivity index (χ3v) is 7.44. The van der Waals surface area contributed by atoms with Crippen molar-refractivity contribution >= 4 is 21.8 Å². The van der Waals surface area contributed by atoms with E-state index < -0.39 is 26.6 Å². The lowest BCUT2D eigenvalue weighted by molar-refractivity contribution is 0.145. The van der Waals surface area contributed by atoms with Crippen LogP contribution in [0.15, 0.2) is 23.1 Å². The fraction of sp³-hybridized carbons (Fsp3) is 0.625. The summed E-state index contributed by atoms with van der Waals surface area (Å²) in [7, 11) is -4.17. The monoisotopic (exact) mass is 376 g/mol. The average Bonchev–Trinajstić information content (AvgIpc) is 3.07. The summed E-state index contributed by atoms with van der Waals surface area (Å²) in [6.45, 7) is 2.15. The van der Waals surface area contributed by atoms with Gasteiger partial charge in [-0.25, -0.2) is 21.9 Å². The Balaban J connectivity index is 1.54. The topological polar surface area (TPSA) is 49.4 Å². The van der Waals surface area contributed by atoms with Crippen LogP contribution in [0.25, 0.3) is 0 Å². The summed E-state index contributed by atoms with van der Waals surface area (Å²) in [5.41, 5.74) is 0. The van der Waals surface area contributed by atoms with Crippen molar-refractivity contribution in [3.63, 3.8) is 0 Å². The van der Waals surface area contributed by atoms with Gasteiger partial charge in [0.15, 0.2) is 4.90 Å². The van der Waals surface area contributed by atoms with E-state index in [-0.39, 0.29) is 12.5 Å². The molecule has 1 atom stereocenters. The molecule has 3 rings (SSSR count). The number of benzene rings is 1. The van der Waals surface area contributed by atoms with E-state index in [1.54, 1.807) is 0 Å². The van der Waals surface area contributed by atoms with Crippen molar-refractivity contribution < 1.29 is 17.2 Å². The number of halogens is 2. The molecule has 2 heterocycles.